The Morgan fingerprint density at radius 3 is 2.85 bits per heavy atom. The van der Waals surface area contributed by atoms with E-state index in [9.17, 15) is 4.79 Å². The molecule has 3 aromatic heterocycles. The Bertz CT molecular complexity index is 964. The molecule has 140 valence electrons. The molecule has 1 unspecified atom stereocenters. The number of aromatic nitrogens is 6. The molecule has 4 rings (SSSR count). The van der Waals surface area contributed by atoms with Crippen molar-refractivity contribution in [1.82, 2.24) is 29.3 Å². The average molecular weight is 365 g/mol. The minimum Gasteiger partial charge on any atom is -0.352 e. The zero-order valence-electron chi connectivity index (χ0n) is 15.6. The Labute approximate surface area is 157 Å². The highest BCUT2D eigenvalue weighted by Crippen LogP contribution is 2.25. The van der Waals surface area contributed by atoms with Crippen LogP contribution in [-0.2, 0) is 6.54 Å². The molecule has 27 heavy (non-hydrogen) atoms. The van der Waals surface area contributed by atoms with Gasteiger partial charge in [-0.05, 0) is 25.0 Å². The van der Waals surface area contributed by atoms with Crippen LogP contribution in [0.25, 0.3) is 5.82 Å². The van der Waals surface area contributed by atoms with E-state index in [1.165, 1.54) is 0 Å². The molecule has 0 saturated carbocycles. The lowest BCUT2D eigenvalue weighted by Gasteiger charge is -2.26. The van der Waals surface area contributed by atoms with Crippen LogP contribution in [0.15, 0.2) is 47.9 Å². The van der Waals surface area contributed by atoms with E-state index in [-0.39, 0.29) is 17.5 Å². The molecule has 1 aliphatic heterocycles. The third kappa shape index (κ3) is 3.60. The van der Waals surface area contributed by atoms with Crippen LogP contribution in [0.1, 0.15) is 38.4 Å². The van der Waals surface area contributed by atoms with Crippen molar-refractivity contribution in [3.63, 3.8) is 0 Å². The maximum atomic E-state index is 12.3. The second-order valence-electron chi connectivity index (χ2n) is 7.10. The largest absolute Gasteiger partial charge is 0.352 e. The predicted molar refractivity (Wildman–Crippen MR) is 102 cm³/mol. The van der Waals surface area contributed by atoms with Gasteiger partial charge in [0.2, 0.25) is 0 Å². The van der Waals surface area contributed by atoms with E-state index in [0.717, 1.165) is 31.0 Å². The Kier molecular flexibility index (Phi) is 4.70. The summed E-state index contributed by atoms with van der Waals surface area (Å²) < 4.78 is 3.34. The molecule has 0 spiro atoms. The van der Waals surface area contributed by atoms with E-state index in [1.807, 2.05) is 18.5 Å². The number of rotatable bonds is 5. The van der Waals surface area contributed by atoms with Gasteiger partial charge < -0.3 is 4.90 Å². The molecule has 0 amide bonds. The average Bonchev–Trinajstić information content (AvgIpc) is 3.35. The fourth-order valence-electron chi connectivity index (χ4n) is 3.43. The van der Waals surface area contributed by atoms with Crippen LogP contribution < -0.4 is 10.5 Å². The predicted octanol–water partition coefficient (Wildman–Crippen LogP) is 2.01. The highest BCUT2D eigenvalue weighted by Gasteiger charge is 2.27. The summed E-state index contributed by atoms with van der Waals surface area (Å²) in [5.41, 5.74) is -0.101. The molecule has 1 fully saturated rings. The van der Waals surface area contributed by atoms with E-state index in [2.05, 4.69) is 33.8 Å². The second kappa shape index (κ2) is 7.30. The van der Waals surface area contributed by atoms with Crippen molar-refractivity contribution < 1.29 is 0 Å². The number of imidazole rings is 1. The second-order valence-corrected chi connectivity index (χ2v) is 7.10. The van der Waals surface area contributed by atoms with Crippen LogP contribution in [0.2, 0.25) is 0 Å². The van der Waals surface area contributed by atoms with Crippen molar-refractivity contribution in [3.8, 4) is 5.82 Å². The maximum absolute atomic E-state index is 12.3. The van der Waals surface area contributed by atoms with Crippen molar-refractivity contribution in [2.75, 3.05) is 11.4 Å². The number of anilines is 1. The lowest BCUT2D eigenvalue weighted by atomic mass is 10.2. The molecule has 1 aliphatic rings. The Balaban J connectivity index is 1.60. The first-order valence-corrected chi connectivity index (χ1v) is 9.28. The molecule has 0 radical (unpaired) electrons. The zero-order chi connectivity index (χ0) is 18.8. The molecule has 0 aromatic carbocycles. The van der Waals surface area contributed by atoms with Gasteiger partial charge in [0.15, 0.2) is 5.82 Å². The van der Waals surface area contributed by atoms with Gasteiger partial charge in [-0.1, -0.05) is 13.8 Å². The van der Waals surface area contributed by atoms with E-state index in [4.69, 9.17) is 4.98 Å². The molecule has 8 heteroatoms. The first kappa shape index (κ1) is 17.4. The van der Waals surface area contributed by atoms with Crippen molar-refractivity contribution >= 4 is 5.82 Å². The van der Waals surface area contributed by atoms with Gasteiger partial charge in [0.05, 0.1) is 12.6 Å². The fraction of sp³-hybridized carbons (Fsp3) is 0.421. The smallest absolute Gasteiger partial charge is 0.266 e. The van der Waals surface area contributed by atoms with Gasteiger partial charge in [-0.2, -0.15) is 5.10 Å². The number of nitrogens with zero attached hydrogens (tertiary/aromatic N) is 7. The van der Waals surface area contributed by atoms with Crippen molar-refractivity contribution in [2.24, 2.45) is 0 Å². The molecule has 0 aliphatic carbocycles. The molecule has 0 N–H and O–H groups in total. The first-order valence-electron chi connectivity index (χ1n) is 9.28. The molecule has 3 aromatic rings. The summed E-state index contributed by atoms with van der Waals surface area (Å²) in [5.74, 6) is 2.73. The van der Waals surface area contributed by atoms with E-state index >= 15 is 0 Å². The van der Waals surface area contributed by atoms with Crippen molar-refractivity contribution in [2.45, 2.75) is 45.2 Å². The summed E-state index contributed by atoms with van der Waals surface area (Å²) in [5, 5.41) is 4.52. The summed E-state index contributed by atoms with van der Waals surface area (Å²) in [6.45, 7) is 5.63. The summed E-state index contributed by atoms with van der Waals surface area (Å²) >= 11 is 0. The molecular weight excluding hydrogens is 342 g/mol. The minimum absolute atomic E-state index is 0.101. The first-order chi connectivity index (χ1) is 13.1. The molecule has 0 bridgehead atoms. The van der Waals surface area contributed by atoms with Crippen LogP contribution in [0.4, 0.5) is 5.82 Å². The number of hydrogen-bond acceptors (Lipinski definition) is 6. The normalized spacial score (nSPS) is 17.0. The van der Waals surface area contributed by atoms with Crippen molar-refractivity contribution in [1.29, 1.82) is 0 Å². The Morgan fingerprint density at radius 1 is 1.19 bits per heavy atom. The minimum atomic E-state index is -0.101. The fourth-order valence-corrected chi connectivity index (χ4v) is 3.43. The van der Waals surface area contributed by atoms with Crippen LogP contribution in [-0.4, -0.2) is 41.9 Å². The third-order valence-electron chi connectivity index (χ3n) is 4.85. The van der Waals surface area contributed by atoms with E-state index in [1.54, 1.807) is 33.9 Å². The van der Waals surface area contributed by atoms with Gasteiger partial charge in [-0.15, -0.1) is 0 Å². The standard InChI is InChI=1S/C19H23N7O/c1-14(2)19-21-8-7-16(22-19)25-10-3-4-15(25)12-26-18(27)6-5-17(23-26)24-11-9-20-13-24/h5-9,11,13-15H,3-4,10,12H2,1-2H3. The molecular formula is C19H23N7O. The van der Waals surface area contributed by atoms with Crippen LogP contribution in [0, 0.1) is 0 Å². The maximum Gasteiger partial charge on any atom is 0.266 e. The summed E-state index contributed by atoms with van der Waals surface area (Å²) in [7, 11) is 0. The SMILES string of the molecule is CC(C)c1nccc(N2CCCC2Cn2nc(-n3ccnc3)ccc2=O)n1. The van der Waals surface area contributed by atoms with Gasteiger partial charge in [0, 0.05) is 37.1 Å². The van der Waals surface area contributed by atoms with Gasteiger partial charge in [0.1, 0.15) is 18.0 Å². The third-order valence-corrected chi connectivity index (χ3v) is 4.85. The monoisotopic (exact) mass is 365 g/mol. The zero-order valence-corrected chi connectivity index (χ0v) is 15.6. The Hall–Kier alpha value is -3.03. The Morgan fingerprint density at radius 2 is 2.07 bits per heavy atom. The summed E-state index contributed by atoms with van der Waals surface area (Å²) in [4.78, 5) is 27.7. The molecule has 1 saturated heterocycles. The highest BCUT2D eigenvalue weighted by atomic mass is 16.1. The molecule has 1 atom stereocenters. The lowest BCUT2D eigenvalue weighted by Crippen LogP contribution is -2.37. The van der Waals surface area contributed by atoms with Gasteiger partial charge >= 0.3 is 0 Å². The van der Waals surface area contributed by atoms with Crippen LogP contribution in [0.3, 0.4) is 0 Å². The van der Waals surface area contributed by atoms with Crippen LogP contribution >= 0.6 is 0 Å². The van der Waals surface area contributed by atoms with E-state index in [0.29, 0.717) is 12.4 Å². The highest BCUT2D eigenvalue weighted by molar-refractivity contribution is 5.40. The van der Waals surface area contributed by atoms with Gasteiger partial charge in [0.25, 0.3) is 5.56 Å². The topological polar surface area (TPSA) is 81.7 Å². The lowest BCUT2D eigenvalue weighted by molar-refractivity contribution is 0.484. The van der Waals surface area contributed by atoms with Gasteiger partial charge in [-0.25, -0.2) is 19.6 Å². The van der Waals surface area contributed by atoms with E-state index < -0.39 is 0 Å². The van der Waals surface area contributed by atoms with Crippen LogP contribution in [0.5, 0.6) is 0 Å². The summed E-state index contributed by atoms with van der Waals surface area (Å²) in [6, 6.07) is 5.40. The quantitative estimate of drug-likeness (QED) is 0.688. The molecule has 8 nitrogen and oxygen atoms in total. The molecule has 4 heterocycles. The number of hydrogen-bond donors (Lipinski definition) is 0. The van der Waals surface area contributed by atoms with Gasteiger partial charge in [-0.3, -0.25) is 9.36 Å². The van der Waals surface area contributed by atoms with Crippen molar-refractivity contribution in [3.05, 3.63) is 59.3 Å². The summed E-state index contributed by atoms with van der Waals surface area (Å²) in [6.07, 6.45) is 9.07.